The first kappa shape index (κ1) is 15.3. The molecule has 0 radical (unpaired) electrons. The summed E-state index contributed by atoms with van der Waals surface area (Å²) in [6.07, 6.45) is 5.14. The summed E-state index contributed by atoms with van der Waals surface area (Å²) in [5.74, 6) is 0.638. The molecule has 3 heteroatoms. The van der Waals surface area contributed by atoms with Crippen LogP contribution in [0.4, 0.5) is 4.79 Å². The van der Waals surface area contributed by atoms with Crippen LogP contribution < -0.4 is 0 Å². The largest absolute Gasteiger partial charge is 0.444 e. The average molecular weight is 229 g/mol. The van der Waals surface area contributed by atoms with E-state index in [0.29, 0.717) is 5.92 Å². The first-order chi connectivity index (χ1) is 7.77. The van der Waals surface area contributed by atoms with Crippen molar-refractivity contribution in [3.8, 4) is 0 Å². The fourth-order valence-electron chi connectivity index (χ4n) is 2.18. The van der Waals surface area contributed by atoms with E-state index in [4.69, 9.17) is 4.74 Å². The van der Waals surface area contributed by atoms with Crippen LogP contribution in [0.15, 0.2) is 0 Å². The molecule has 1 heterocycles. The zero-order valence-electron chi connectivity index (χ0n) is 11.5. The second kappa shape index (κ2) is 8.43. The Morgan fingerprint density at radius 1 is 1.12 bits per heavy atom. The third-order valence-electron chi connectivity index (χ3n) is 2.94. The van der Waals surface area contributed by atoms with Gasteiger partial charge in [0.2, 0.25) is 0 Å². The molecule has 1 aliphatic carbocycles. The molecule has 1 saturated heterocycles. The van der Waals surface area contributed by atoms with Crippen LogP contribution in [-0.2, 0) is 4.74 Å². The topological polar surface area (TPSA) is 29.5 Å². The van der Waals surface area contributed by atoms with E-state index in [-0.39, 0.29) is 12.2 Å². The van der Waals surface area contributed by atoms with E-state index in [2.05, 4.69) is 0 Å². The van der Waals surface area contributed by atoms with E-state index in [0.717, 1.165) is 6.54 Å². The number of carbonyl (C=O) groups is 1. The maximum Gasteiger partial charge on any atom is 0.409 e. The molecule has 16 heavy (non-hydrogen) atoms. The van der Waals surface area contributed by atoms with Gasteiger partial charge in [0.25, 0.3) is 0 Å². The number of hydrogen-bond donors (Lipinski definition) is 0. The molecule has 0 aromatic rings. The molecule has 0 spiro atoms. The van der Waals surface area contributed by atoms with Crippen LogP contribution in [0.25, 0.3) is 0 Å². The molecule has 1 saturated carbocycles. The number of hydrogen-bond acceptors (Lipinski definition) is 2. The predicted molar refractivity (Wildman–Crippen MR) is 67.6 cm³/mol. The van der Waals surface area contributed by atoms with Crippen LogP contribution in [0, 0.1) is 5.92 Å². The second-order valence-electron chi connectivity index (χ2n) is 3.85. The van der Waals surface area contributed by atoms with Gasteiger partial charge in [-0.15, -0.1) is 0 Å². The molecule has 3 nitrogen and oxygen atoms in total. The number of cyclic esters (lactones) is 1. The van der Waals surface area contributed by atoms with Crippen LogP contribution in [0.1, 0.15) is 53.4 Å². The molecule has 0 aromatic heterocycles. The van der Waals surface area contributed by atoms with Crippen molar-refractivity contribution in [1.82, 2.24) is 4.90 Å². The zero-order chi connectivity index (χ0) is 12.6. The van der Waals surface area contributed by atoms with Crippen LogP contribution in [-0.4, -0.2) is 30.7 Å². The Kier molecular flexibility index (Phi) is 8.04. The van der Waals surface area contributed by atoms with Gasteiger partial charge in [-0.3, -0.25) is 0 Å². The Hall–Kier alpha value is -0.730. The van der Waals surface area contributed by atoms with E-state index in [1.54, 1.807) is 11.9 Å². The number of carbonyl (C=O) groups excluding carboxylic acids is 1. The lowest BCUT2D eigenvalue weighted by atomic mass is 10.0. The fourth-order valence-corrected chi connectivity index (χ4v) is 2.18. The molecule has 1 amide bonds. The Morgan fingerprint density at radius 2 is 1.62 bits per heavy atom. The first-order valence-corrected chi connectivity index (χ1v) is 6.69. The third-order valence-corrected chi connectivity index (χ3v) is 2.94. The number of nitrogens with zero attached hydrogens (tertiary/aromatic N) is 1. The fraction of sp³-hybridized carbons (Fsp3) is 0.923. The molecular formula is C13H27NO2. The molecule has 2 fully saturated rings. The van der Waals surface area contributed by atoms with E-state index in [1.165, 1.54) is 25.7 Å². The summed E-state index contributed by atoms with van der Waals surface area (Å²) < 4.78 is 5.24. The highest BCUT2D eigenvalue weighted by Crippen LogP contribution is 2.31. The van der Waals surface area contributed by atoms with E-state index in [9.17, 15) is 4.79 Å². The summed E-state index contributed by atoms with van der Waals surface area (Å²) in [5, 5.41) is 0. The average Bonchev–Trinajstić information content (AvgIpc) is 2.95. The molecule has 96 valence electrons. The minimum Gasteiger partial charge on any atom is -0.444 e. The number of ether oxygens (including phenoxy) is 1. The number of amides is 1. The van der Waals surface area contributed by atoms with Gasteiger partial charge in [0, 0.05) is 7.05 Å². The minimum atomic E-state index is -0.146. The zero-order valence-corrected chi connectivity index (χ0v) is 11.5. The van der Waals surface area contributed by atoms with Crippen LogP contribution in [0.2, 0.25) is 0 Å². The standard InChI is InChI=1S/C9H15NO2.2C2H6/c1-10-6-8(12-9(10)11)7-4-2-3-5-7;2*1-2/h7-8H,2-6H2,1H3;2*1-2H3. The van der Waals surface area contributed by atoms with Gasteiger partial charge in [-0.05, 0) is 18.8 Å². The van der Waals surface area contributed by atoms with Gasteiger partial charge in [-0.25, -0.2) is 4.79 Å². The van der Waals surface area contributed by atoms with E-state index < -0.39 is 0 Å². The smallest absolute Gasteiger partial charge is 0.409 e. The molecule has 2 rings (SSSR count). The summed E-state index contributed by atoms with van der Waals surface area (Å²) >= 11 is 0. The summed E-state index contributed by atoms with van der Waals surface area (Å²) in [6.45, 7) is 8.80. The van der Waals surface area contributed by atoms with Crippen molar-refractivity contribution in [1.29, 1.82) is 0 Å². The van der Waals surface area contributed by atoms with Crippen molar-refractivity contribution in [3.63, 3.8) is 0 Å². The highest BCUT2D eigenvalue weighted by atomic mass is 16.6. The molecule has 0 bridgehead atoms. The van der Waals surface area contributed by atoms with Crippen molar-refractivity contribution in [3.05, 3.63) is 0 Å². The van der Waals surface area contributed by atoms with Crippen molar-refractivity contribution in [2.75, 3.05) is 13.6 Å². The number of rotatable bonds is 1. The molecule has 0 aromatic carbocycles. The summed E-state index contributed by atoms with van der Waals surface area (Å²) in [6, 6.07) is 0. The molecule has 1 unspecified atom stereocenters. The highest BCUT2D eigenvalue weighted by molar-refractivity contribution is 5.69. The predicted octanol–water partition coefficient (Wildman–Crippen LogP) is 3.68. The quantitative estimate of drug-likeness (QED) is 0.686. The Morgan fingerprint density at radius 3 is 2.00 bits per heavy atom. The van der Waals surface area contributed by atoms with Gasteiger partial charge in [0.05, 0.1) is 6.54 Å². The molecule has 1 atom stereocenters. The van der Waals surface area contributed by atoms with Gasteiger partial charge < -0.3 is 9.64 Å². The lowest BCUT2D eigenvalue weighted by molar-refractivity contribution is 0.105. The SMILES string of the molecule is CC.CC.CN1CC(C2CCCC2)OC1=O. The van der Waals surface area contributed by atoms with Gasteiger partial charge in [-0.1, -0.05) is 40.5 Å². The van der Waals surface area contributed by atoms with Crippen molar-refractivity contribution < 1.29 is 9.53 Å². The maximum absolute atomic E-state index is 11.0. The maximum atomic E-state index is 11.0. The summed E-state index contributed by atoms with van der Waals surface area (Å²) in [7, 11) is 1.80. The summed E-state index contributed by atoms with van der Waals surface area (Å²) in [5.41, 5.74) is 0. The normalized spacial score (nSPS) is 24.2. The Bertz CT molecular complexity index is 188. The Balaban J connectivity index is 0.000000509. The molecule has 2 aliphatic rings. The van der Waals surface area contributed by atoms with Crippen molar-refractivity contribution in [2.45, 2.75) is 59.5 Å². The van der Waals surface area contributed by atoms with Crippen LogP contribution in [0.5, 0.6) is 0 Å². The first-order valence-electron chi connectivity index (χ1n) is 6.69. The van der Waals surface area contributed by atoms with Crippen LogP contribution in [0.3, 0.4) is 0 Å². The Labute approximate surface area is 100 Å². The van der Waals surface area contributed by atoms with E-state index in [1.807, 2.05) is 27.7 Å². The molecular weight excluding hydrogens is 202 g/mol. The van der Waals surface area contributed by atoms with Crippen molar-refractivity contribution >= 4 is 6.09 Å². The minimum absolute atomic E-state index is 0.146. The van der Waals surface area contributed by atoms with E-state index >= 15 is 0 Å². The van der Waals surface area contributed by atoms with Gasteiger partial charge in [0.1, 0.15) is 6.10 Å². The highest BCUT2D eigenvalue weighted by Gasteiger charge is 2.35. The second-order valence-corrected chi connectivity index (χ2v) is 3.85. The third kappa shape index (κ3) is 4.03. The van der Waals surface area contributed by atoms with Gasteiger partial charge >= 0.3 is 6.09 Å². The van der Waals surface area contributed by atoms with Crippen molar-refractivity contribution in [2.24, 2.45) is 5.92 Å². The summed E-state index contributed by atoms with van der Waals surface area (Å²) in [4.78, 5) is 12.7. The monoisotopic (exact) mass is 229 g/mol. The van der Waals surface area contributed by atoms with Gasteiger partial charge in [0.15, 0.2) is 0 Å². The lowest BCUT2D eigenvalue weighted by Gasteiger charge is -2.14. The van der Waals surface area contributed by atoms with Crippen LogP contribution >= 0.6 is 0 Å². The number of likely N-dealkylation sites (N-methyl/N-ethyl adjacent to an activating group) is 1. The molecule has 1 aliphatic heterocycles. The molecule has 0 N–H and O–H groups in total. The lowest BCUT2D eigenvalue weighted by Crippen LogP contribution is -2.23. The van der Waals surface area contributed by atoms with Gasteiger partial charge in [-0.2, -0.15) is 0 Å².